The minimum Gasteiger partial charge on any atom is -0.334 e. The van der Waals surface area contributed by atoms with Crippen molar-refractivity contribution in [3.8, 4) is 0 Å². The van der Waals surface area contributed by atoms with Gasteiger partial charge < -0.3 is 9.13 Å². The molecule has 0 aliphatic rings. The molecule has 0 saturated carbocycles. The molecule has 0 saturated heterocycles. The first-order valence-corrected chi connectivity index (χ1v) is 11.3. The molecule has 0 atom stereocenters. The van der Waals surface area contributed by atoms with Crippen LogP contribution in [0.15, 0.2) is 24.8 Å². The molecular weight excluding hydrogens is 332 g/mol. The molecule has 2 aromatic heterocycles. The molecular formula is C23H40N4. The minimum absolute atomic E-state index is 0.315. The molecule has 152 valence electrons. The van der Waals surface area contributed by atoms with Crippen molar-refractivity contribution in [1.29, 1.82) is 0 Å². The van der Waals surface area contributed by atoms with Gasteiger partial charge in [0.1, 0.15) is 11.6 Å². The molecule has 0 amide bonds. The lowest BCUT2D eigenvalue weighted by Gasteiger charge is -2.20. The van der Waals surface area contributed by atoms with Crippen molar-refractivity contribution in [3.05, 3.63) is 36.4 Å². The van der Waals surface area contributed by atoms with Crippen LogP contribution in [0.1, 0.15) is 109 Å². The monoisotopic (exact) mass is 372 g/mol. The fourth-order valence-corrected chi connectivity index (χ4v) is 3.80. The van der Waals surface area contributed by atoms with E-state index in [4.69, 9.17) is 9.97 Å². The smallest absolute Gasteiger partial charge is 0.119 e. The first kappa shape index (κ1) is 21.7. The summed E-state index contributed by atoms with van der Waals surface area (Å²) in [6, 6.07) is 0. The lowest BCUT2D eigenvalue weighted by atomic mass is 9.98. The Morgan fingerprint density at radius 2 is 1.15 bits per heavy atom. The topological polar surface area (TPSA) is 35.6 Å². The van der Waals surface area contributed by atoms with Crippen molar-refractivity contribution in [2.75, 3.05) is 0 Å². The van der Waals surface area contributed by atoms with Crippen LogP contribution < -0.4 is 0 Å². The number of rotatable bonds is 15. The molecule has 0 spiro atoms. The van der Waals surface area contributed by atoms with Gasteiger partial charge in [-0.1, -0.05) is 72.1 Å². The van der Waals surface area contributed by atoms with Crippen molar-refractivity contribution in [3.63, 3.8) is 0 Å². The third kappa shape index (κ3) is 6.82. The second-order valence-electron chi connectivity index (χ2n) is 7.77. The van der Waals surface area contributed by atoms with E-state index in [1.807, 2.05) is 12.4 Å². The second-order valence-corrected chi connectivity index (χ2v) is 7.77. The lowest BCUT2D eigenvalue weighted by molar-refractivity contribution is 0.495. The highest BCUT2D eigenvalue weighted by atomic mass is 15.1. The van der Waals surface area contributed by atoms with Gasteiger partial charge in [-0.2, -0.15) is 0 Å². The number of hydrogen-bond acceptors (Lipinski definition) is 2. The van der Waals surface area contributed by atoms with Gasteiger partial charge in [-0.05, 0) is 19.3 Å². The number of nitrogens with zero attached hydrogens (tertiary/aromatic N) is 4. The number of unbranched alkanes of at least 4 members (excludes halogenated alkanes) is 7. The fraction of sp³-hybridized carbons (Fsp3) is 0.739. The molecule has 0 bridgehead atoms. The van der Waals surface area contributed by atoms with E-state index in [0.29, 0.717) is 5.92 Å². The molecule has 0 aliphatic heterocycles. The molecule has 0 unspecified atom stereocenters. The highest BCUT2D eigenvalue weighted by Gasteiger charge is 2.23. The van der Waals surface area contributed by atoms with Crippen molar-refractivity contribution >= 4 is 0 Å². The molecule has 2 aromatic rings. The van der Waals surface area contributed by atoms with E-state index in [-0.39, 0.29) is 0 Å². The normalized spacial score (nSPS) is 11.6. The first-order valence-electron chi connectivity index (χ1n) is 11.3. The van der Waals surface area contributed by atoms with Gasteiger partial charge in [0.25, 0.3) is 0 Å². The van der Waals surface area contributed by atoms with Gasteiger partial charge >= 0.3 is 0 Å². The van der Waals surface area contributed by atoms with Crippen LogP contribution in [0.3, 0.4) is 0 Å². The zero-order valence-corrected chi connectivity index (χ0v) is 17.9. The van der Waals surface area contributed by atoms with E-state index < -0.39 is 0 Å². The van der Waals surface area contributed by atoms with E-state index in [0.717, 1.165) is 19.5 Å². The van der Waals surface area contributed by atoms with Crippen LogP contribution in [0.2, 0.25) is 0 Å². The molecule has 4 nitrogen and oxygen atoms in total. The lowest BCUT2D eigenvalue weighted by Crippen LogP contribution is -2.16. The molecule has 0 N–H and O–H groups in total. The van der Waals surface area contributed by atoms with Crippen LogP contribution in [0.5, 0.6) is 0 Å². The van der Waals surface area contributed by atoms with E-state index >= 15 is 0 Å². The molecule has 2 rings (SSSR count). The summed E-state index contributed by atoms with van der Waals surface area (Å²) in [7, 11) is 0. The maximum atomic E-state index is 4.78. The Morgan fingerprint density at radius 3 is 1.67 bits per heavy atom. The Bertz CT molecular complexity index is 567. The third-order valence-electron chi connectivity index (χ3n) is 5.47. The predicted molar refractivity (Wildman–Crippen MR) is 114 cm³/mol. The summed E-state index contributed by atoms with van der Waals surface area (Å²) >= 11 is 0. The Hall–Kier alpha value is -1.58. The van der Waals surface area contributed by atoms with Gasteiger partial charge in [-0.25, -0.2) is 9.97 Å². The van der Waals surface area contributed by atoms with Crippen molar-refractivity contribution in [1.82, 2.24) is 19.1 Å². The summed E-state index contributed by atoms with van der Waals surface area (Å²) in [5.41, 5.74) is 0. The fourth-order valence-electron chi connectivity index (χ4n) is 3.80. The summed E-state index contributed by atoms with van der Waals surface area (Å²) < 4.78 is 4.73. The molecule has 2 heterocycles. The SMILES string of the molecule is CCCCCCCCC(c1nccn1CCCC)c1nccn1CCCC. The van der Waals surface area contributed by atoms with Gasteiger partial charge in [0.15, 0.2) is 0 Å². The Labute approximate surface area is 166 Å². The standard InChI is InChI=1S/C23H40N4/c1-4-7-10-11-12-13-14-21(22-24-15-19-26(22)17-8-5-2)23-25-16-20-27(23)18-9-6-3/h15-16,19-21H,4-14,17-18H2,1-3H3. The predicted octanol–water partition coefficient (Wildman–Crippen LogP) is 6.56. The number of imidazole rings is 2. The Morgan fingerprint density at radius 1 is 0.667 bits per heavy atom. The summed E-state index contributed by atoms with van der Waals surface area (Å²) in [5, 5.41) is 0. The van der Waals surface area contributed by atoms with E-state index in [2.05, 4.69) is 42.3 Å². The largest absolute Gasteiger partial charge is 0.334 e. The van der Waals surface area contributed by atoms with E-state index in [9.17, 15) is 0 Å². The van der Waals surface area contributed by atoms with E-state index in [1.54, 1.807) is 0 Å². The highest BCUT2D eigenvalue weighted by Crippen LogP contribution is 2.29. The van der Waals surface area contributed by atoms with Crippen LogP contribution >= 0.6 is 0 Å². The quantitative estimate of drug-likeness (QED) is 0.332. The van der Waals surface area contributed by atoms with Gasteiger partial charge in [0, 0.05) is 37.9 Å². The number of hydrogen-bond donors (Lipinski definition) is 0. The van der Waals surface area contributed by atoms with Crippen molar-refractivity contribution in [2.45, 2.75) is 110 Å². The zero-order chi connectivity index (χ0) is 19.3. The maximum absolute atomic E-state index is 4.78. The van der Waals surface area contributed by atoms with Crippen LogP contribution in [-0.4, -0.2) is 19.1 Å². The molecule has 27 heavy (non-hydrogen) atoms. The van der Waals surface area contributed by atoms with Crippen molar-refractivity contribution < 1.29 is 0 Å². The Balaban J connectivity index is 2.12. The van der Waals surface area contributed by atoms with Gasteiger partial charge in [0.05, 0.1) is 5.92 Å². The molecule has 0 aromatic carbocycles. The molecule has 0 radical (unpaired) electrons. The third-order valence-corrected chi connectivity index (χ3v) is 5.47. The second kappa shape index (κ2) is 12.7. The van der Waals surface area contributed by atoms with Crippen LogP contribution in [0.4, 0.5) is 0 Å². The molecule has 0 aliphatic carbocycles. The minimum atomic E-state index is 0.315. The molecule has 4 heteroatoms. The van der Waals surface area contributed by atoms with Gasteiger partial charge in [-0.15, -0.1) is 0 Å². The average Bonchev–Trinajstić information content (AvgIpc) is 3.33. The summed E-state index contributed by atoms with van der Waals surface area (Å²) in [6.07, 6.45) is 22.2. The average molecular weight is 373 g/mol. The highest BCUT2D eigenvalue weighted by molar-refractivity contribution is 5.14. The first-order chi connectivity index (χ1) is 13.3. The summed E-state index contributed by atoms with van der Waals surface area (Å²) in [4.78, 5) is 9.57. The summed E-state index contributed by atoms with van der Waals surface area (Å²) in [5.74, 6) is 2.73. The summed E-state index contributed by atoms with van der Waals surface area (Å²) in [6.45, 7) is 8.91. The van der Waals surface area contributed by atoms with Crippen molar-refractivity contribution in [2.24, 2.45) is 0 Å². The van der Waals surface area contributed by atoms with Crippen LogP contribution in [0.25, 0.3) is 0 Å². The van der Waals surface area contributed by atoms with Gasteiger partial charge in [0.2, 0.25) is 0 Å². The van der Waals surface area contributed by atoms with E-state index in [1.165, 1.54) is 75.9 Å². The zero-order valence-electron chi connectivity index (χ0n) is 17.9. The Kier molecular flexibility index (Phi) is 10.3. The number of aromatic nitrogens is 4. The number of aryl methyl sites for hydroxylation is 2. The van der Waals surface area contributed by atoms with Crippen LogP contribution in [0, 0.1) is 0 Å². The molecule has 0 fully saturated rings. The van der Waals surface area contributed by atoms with Gasteiger partial charge in [-0.3, -0.25) is 0 Å². The van der Waals surface area contributed by atoms with Crippen LogP contribution in [-0.2, 0) is 13.1 Å². The maximum Gasteiger partial charge on any atom is 0.119 e.